The van der Waals surface area contributed by atoms with Crippen molar-refractivity contribution in [3.8, 4) is 0 Å². The van der Waals surface area contributed by atoms with Gasteiger partial charge in [-0.25, -0.2) is 9.97 Å². The molecule has 0 saturated heterocycles. The van der Waals surface area contributed by atoms with Crippen LogP contribution in [-0.4, -0.2) is 23.6 Å². The molecule has 0 aromatic carbocycles. The van der Waals surface area contributed by atoms with Crippen molar-refractivity contribution in [2.24, 2.45) is 0 Å². The Kier molecular flexibility index (Phi) is 4.74. The van der Waals surface area contributed by atoms with Crippen molar-refractivity contribution in [1.29, 1.82) is 0 Å². The summed E-state index contributed by atoms with van der Waals surface area (Å²) in [4.78, 5) is 12.4. The van der Waals surface area contributed by atoms with Crippen molar-refractivity contribution in [2.45, 2.75) is 26.8 Å². The molecule has 4 nitrogen and oxygen atoms in total. The molecule has 0 bridgehead atoms. The van der Waals surface area contributed by atoms with E-state index in [4.69, 9.17) is 0 Å². The summed E-state index contributed by atoms with van der Waals surface area (Å²) < 4.78 is 0. The minimum atomic E-state index is 0.904. The van der Waals surface area contributed by atoms with E-state index in [0.29, 0.717) is 0 Å². The SMILES string of the molecule is CCc1c(NC)ncnc1N(CC)Cc1cccs1. The topological polar surface area (TPSA) is 41.1 Å². The van der Waals surface area contributed by atoms with Gasteiger partial charge in [-0.2, -0.15) is 0 Å². The summed E-state index contributed by atoms with van der Waals surface area (Å²) in [7, 11) is 1.90. The molecule has 0 amide bonds. The Morgan fingerprint density at radius 1 is 1.32 bits per heavy atom. The third-order valence-corrected chi connectivity index (χ3v) is 3.98. The van der Waals surface area contributed by atoms with E-state index in [0.717, 1.165) is 31.1 Å². The Hall–Kier alpha value is -1.62. The van der Waals surface area contributed by atoms with Crippen molar-refractivity contribution >= 4 is 23.0 Å². The number of anilines is 2. The number of aromatic nitrogens is 2. The largest absolute Gasteiger partial charge is 0.373 e. The molecule has 5 heteroatoms. The molecule has 2 aromatic rings. The van der Waals surface area contributed by atoms with Gasteiger partial charge in [0.1, 0.15) is 18.0 Å². The number of hydrogen-bond acceptors (Lipinski definition) is 5. The molecular formula is C14H20N4S. The molecule has 0 spiro atoms. The molecule has 2 aromatic heterocycles. The zero-order valence-corrected chi connectivity index (χ0v) is 12.5. The normalized spacial score (nSPS) is 10.5. The molecule has 102 valence electrons. The van der Waals surface area contributed by atoms with E-state index in [1.807, 2.05) is 7.05 Å². The van der Waals surface area contributed by atoms with Crippen molar-refractivity contribution in [3.63, 3.8) is 0 Å². The van der Waals surface area contributed by atoms with Crippen LogP contribution in [0.1, 0.15) is 24.3 Å². The van der Waals surface area contributed by atoms with Crippen LogP contribution in [0.15, 0.2) is 23.8 Å². The van der Waals surface area contributed by atoms with Crippen LogP contribution in [0.2, 0.25) is 0 Å². The maximum absolute atomic E-state index is 4.49. The van der Waals surface area contributed by atoms with Crippen molar-refractivity contribution < 1.29 is 0 Å². The van der Waals surface area contributed by atoms with Crippen molar-refractivity contribution in [3.05, 3.63) is 34.3 Å². The van der Waals surface area contributed by atoms with Crippen LogP contribution in [0.3, 0.4) is 0 Å². The van der Waals surface area contributed by atoms with Gasteiger partial charge in [0.05, 0.1) is 6.54 Å². The van der Waals surface area contributed by atoms with Crippen molar-refractivity contribution in [2.75, 3.05) is 23.8 Å². The third-order valence-electron chi connectivity index (χ3n) is 3.12. The van der Waals surface area contributed by atoms with Crippen LogP contribution in [0.5, 0.6) is 0 Å². The van der Waals surface area contributed by atoms with Crippen LogP contribution in [0, 0.1) is 0 Å². The van der Waals surface area contributed by atoms with E-state index in [-0.39, 0.29) is 0 Å². The Labute approximate surface area is 118 Å². The second-order valence-electron chi connectivity index (χ2n) is 4.22. The van der Waals surface area contributed by atoms with Crippen LogP contribution in [0.25, 0.3) is 0 Å². The lowest BCUT2D eigenvalue weighted by Gasteiger charge is -2.24. The molecule has 1 N–H and O–H groups in total. The minimum Gasteiger partial charge on any atom is -0.373 e. The average Bonchev–Trinajstić information content (AvgIpc) is 2.96. The molecular weight excluding hydrogens is 256 g/mol. The van der Waals surface area contributed by atoms with Gasteiger partial charge >= 0.3 is 0 Å². The summed E-state index contributed by atoms with van der Waals surface area (Å²) in [5.74, 6) is 1.97. The highest BCUT2D eigenvalue weighted by Gasteiger charge is 2.15. The molecule has 19 heavy (non-hydrogen) atoms. The zero-order chi connectivity index (χ0) is 13.7. The van der Waals surface area contributed by atoms with E-state index < -0.39 is 0 Å². The third kappa shape index (κ3) is 3.04. The Bertz CT molecular complexity index is 510. The molecule has 2 rings (SSSR count). The van der Waals surface area contributed by atoms with E-state index in [2.05, 4.69) is 51.5 Å². The number of nitrogens with one attached hydrogen (secondary N) is 1. The first-order valence-corrected chi connectivity index (χ1v) is 7.47. The number of nitrogens with zero attached hydrogens (tertiary/aromatic N) is 3. The van der Waals surface area contributed by atoms with Gasteiger partial charge in [0, 0.05) is 24.0 Å². The first-order valence-electron chi connectivity index (χ1n) is 6.59. The molecule has 0 aliphatic rings. The number of hydrogen-bond donors (Lipinski definition) is 1. The number of thiophene rings is 1. The maximum atomic E-state index is 4.49. The van der Waals surface area contributed by atoms with Crippen LogP contribution in [-0.2, 0) is 13.0 Å². The van der Waals surface area contributed by atoms with E-state index in [1.54, 1.807) is 17.7 Å². The average molecular weight is 276 g/mol. The Morgan fingerprint density at radius 3 is 2.74 bits per heavy atom. The van der Waals surface area contributed by atoms with Crippen LogP contribution in [0.4, 0.5) is 11.6 Å². The predicted molar refractivity (Wildman–Crippen MR) is 82.0 cm³/mol. The molecule has 0 aliphatic heterocycles. The number of rotatable bonds is 6. The molecule has 2 heterocycles. The fourth-order valence-electron chi connectivity index (χ4n) is 2.14. The fourth-order valence-corrected chi connectivity index (χ4v) is 2.86. The summed E-state index contributed by atoms with van der Waals surface area (Å²) >= 11 is 1.78. The van der Waals surface area contributed by atoms with Crippen LogP contribution < -0.4 is 10.2 Å². The Morgan fingerprint density at radius 2 is 2.16 bits per heavy atom. The van der Waals surface area contributed by atoms with Gasteiger partial charge in [-0.15, -0.1) is 11.3 Å². The standard InChI is InChI=1S/C14H20N4S/c1-4-12-13(15-3)16-10-17-14(12)18(5-2)9-11-7-6-8-19-11/h6-8,10H,4-5,9H2,1-3H3,(H,15,16,17). The summed E-state index contributed by atoms with van der Waals surface area (Å²) in [6.07, 6.45) is 2.56. The molecule has 0 saturated carbocycles. The smallest absolute Gasteiger partial charge is 0.137 e. The Balaban J connectivity index is 2.32. The maximum Gasteiger partial charge on any atom is 0.137 e. The minimum absolute atomic E-state index is 0.904. The van der Waals surface area contributed by atoms with E-state index in [1.165, 1.54) is 10.4 Å². The molecule has 0 radical (unpaired) electrons. The summed E-state index contributed by atoms with van der Waals surface area (Å²) in [5, 5.41) is 5.26. The first-order chi connectivity index (χ1) is 9.30. The van der Waals surface area contributed by atoms with Crippen molar-refractivity contribution in [1.82, 2.24) is 9.97 Å². The van der Waals surface area contributed by atoms with Gasteiger partial charge in [0.15, 0.2) is 0 Å². The quantitative estimate of drug-likeness (QED) is 0.880. The van der Waals surface area contributed by atoms with Gasteiger partial charge < -0.3 is 10.2 Å². The summed E-state index contributed by atoms with van der Waals surface area (Å²) in [6, 6.07) is 4.26. The fraction of sp³-hybridized carbons (Fsp3) is 0.429. The molecule has 0 atom stereocenters. The lowest BCUT2D eigenvalue weighted by atomic mass is 10.2. The molecule has 0 unspecified atom stereocenters. The highest BCUT2D eigenvalue weighted by molar-refractivity contribution is 7.09. The predicted octanol–water partition coefficient (Wildman–Crippen LogP) is 3.17. The lowest BCUT2D eigenvalue weighted by molar-refractivity contribution is 0.807. The highest BCUT2D eigenvalue weighted by atomic mass is 32.1. The second kappa shape index (κ2) is 6.52. The molecule has 0 aliphatic carbocycles. The summed E-state index contributed by atoms with van der Waals surface area (Å²) in [5.41, 5.74) is 1.18. The monoisotopic (exact) mass is 276 g/mol. The molecule has 0 fully saturated rings. The first kappa shape index (κ1) is 13.8. The highest BCUT2D eigenvalue weighted by Crippen LogP contribution is 2.25. The second-order valence-corrected chi connectivity index (χ2v) is 5.25. The van der Waals surface area contributed by atoms with Gasteiger partial charge in [0.2, 0.25) is 0 Å². The summed E-state index contributed by atoms with van der Waals surface area (Å²) in [6.45, 7) is 6.14. The van der Waals surface area contributed by atoms with E-state index in [9.17, 15) is 0 Å². The van der Waals surface area contributed by atoms with Gasteiger partial charge in [-0.1, -0.05) is 13.0 Å². The van der Waals surface area contributed by atoms with Gasteiger partial charge in [0.25, 0.3) is 0 Å². The van der Waals surface area contributed by atoms with Crippen LogP contribution >= 0.6 is 11.3 Å². The van der Waals surface area contributed by atoms with Gasteiger partial charge in [-0.3, -0.25) is 0 Å². The van der Waals surface area contributed by atoms with E-state index >= 15 is 0 Å². The van der Waals surface area contributed by atoms with Gasteiger partial charge in [-0.05, 0) is 24.8 Å². The lowest BCUT2D eigenvalue weighted by Crippen LogP contribution is -2.24. The zero-order valence-electron chi connectivity index (χ0n) is 11.7.